The lowest BCUT2D eigenvalue weighted by atomic mass is 9.94. The Bertz CT molecular complexity index is 761. The molecule has 1 aliphatic rings. The van der Waals surface area contributed by atoms with Gasteiger partial charge in [-0.2, -0.15) is 0 Å². The van der Waals surface area contributed by atoms with E-state index in [2.05, 4.69) is 42.0 Å². The second kappa shape index (κ2) is 11.9. The van der Waals surface area contributed by atoms with Crippen molar-refractivity contribution in [3.63, 3.8) is 0 Å². The molecule has 1 fully saturated rings. The molecule has 0 saturated carbocycles. The van der Waals surface area contributed by atoms with E-state index in [9.17, 15) is 14.4 Å². The summed E-state index contributed by atoms with van der Waals surface area (Å²) in [5.74, 6) is -0.141. The maximum Gasteiger partial charge on any atom is 0.229 e. The number of hydrogen-bond donors (Lipinski definition) is 2. The van der Waals surface area contributed by atoms with Crippen LogP contribution in [0.2, 0.25) is 0 Å². The number of carbonyl (C=O) groups excluding carboxylic acids is 3. The number of nitrogens with one attached hydrogen (secondary N) is 2. The van der Waals surface area contributed by atoms with E-state index in [1.165, 1.54) is 16.7 Å². The van der Waals surface area contributed by atoms with Gasteiger partial charge in [-0.1, -0.05) is 45.5 Å². The van der Waals surface area contributed by atoms with Crippen molar-refractivity contribution in [3.8, 4) is 0 Å². The van der Waals surface area contributed by atoms with E-state index in [0.29, 0.717) is 25.8 Å². The van der Waals surface area contributed by atoms with E-state index in [1.807, 2.05) is 26.8 Å². The minimum absolute atomic E-state index is 0.0164. The Morgan fingerprint density at radius 2 is 2.04 bits per heavy atom. The van der Waals surface area contributed by atoms with Crippen molar-refractivity contribution < 1.29 is 14.4 Å². The van der Waals surface area contributed by atoms with Gasteiger partial charge in [0.15, 0.2) is 0 Å². The van der Waals surface area contributed by atoms with Gasteiger partial charge in [0, 0.05) is 25.3 Å². The van der Waals surface area contributed by atoms with Crippen molar-refractivity contribution in [2.75, 3.05) is 0 Å². The van der Waals surface area contributed by atoms with E-state index < -0.39 is 0 Å². The average molecular weight is 385 g/mol. The number of imide groups is 1. The molecule has 1 aromatic carbocycles. The molecule has 152 valence electrons. The Labute approximate surface area is 168 Å². The normalized spacial score (nSPS) is 15.6. The SMILES string of the molecule is C=C=C(C)c1cccc(CNC(=O)CCC)c1CC.CC1CCC(=O)NC1=O. The molecule has 28 heavy (non-hydrogen) atoms. The summed E-state index contributed by atoms with van der Waals surface area (Å²) in [7, 11) is 0. The second-order valence-electron chi connectivity index (χ2n) is 6.98. The van der Waals surface area contributed by atoms with E-state index in [-0.39, 0.29) is 23.6 Å². The summed E-state index contributed by atoms with van der Waals surface area (Å²) < 4.78 is 0. The molecule has 2 N–H and O–H groups in total. The maximum absolute atomic E-state index is 11.6. The molecule has 1 saturated heterocycles. The van der Waals surface area contributed by atoms with Gasteiger partial charge in [0.25, 0.3) is 0 Å². The predicted octanol–water partition coefficient (Wildman–Crippen LogP) is 3.91. The first-order valence-electron chi connectivity index (χ1n) is 9.92. The molecule has 2 rings (SSSR count). The summed E-state index contributed by atoms with van der Waals surface area (Å²) in [6, 6.07) is 6.19. The summed E-state index contributed by atoms with van der Waals surface area (Å²) in [5.41, 5.74) is 7.63. The molecule has 5 nitrogen and oxygen atoms in total. The first-order valence-corrected chi connectivity index (χ1v) is 9.92. The van der Waals surface area contributed by atoms with Crippen molar-refractivity contribution in [1.82, 2.24) is 10.6 Å². The van der Waals surface area contributed by atoms with Crippen LogP contribution < -0.4 is 10.6 Å². The highest BCUT2D eigenvalue weighted by atomic mass is 16.2. The molecule has 5 heteroatoms. The minimum Gasteiger partial charge on any atom is -0.352 e. The number of benzene rings is 1. The number of hydrogen-bond acceptors (Lipinski definition) is 3. The zero-order valence-corrected chi connectivity index (χ0v) is 17.5. The Morgan fingerprint density at radius 1 is 1.32 bits per heavy atom. The summed E-state index contributed by atoms with van der Waals surface area (Å²) in [6.45, 7) is 12.3. The lowest BCUT2D eigenvalue weighted by Crippen LogP contribution is -2.39. The van der Waals surface area contributed by atoms with Crippen LogP contribution in [-0.2, 0) is 27.3 Å². The first kappa shape index (κ1) is 23.4. The standard InChI is InChI=1S/C17H23NO.C6H9NO2/c1-5-9-17(19)18-12-14-10-8-11-16(13(4)6-2)15(14)7-3;1-4-2-3-5(8)7-6(4)9/h8,10-11H,2,5,7,9,12H2,1,3-4H3,(H,18,19);4H,2-3H2,1H3,(H,7,8,9). The number of allylic oxidation sites excluding steroid dienone is 1. The van der Waals surface area contributed by atoms with E-state index >= 15 is 0 Å². The fraction of sp³-hybridized carbons (Fsp3) is 0.478. The monoisotopic (exact) mass is 384 g/mol. The Hall–Kier alpha value is -2.65. The van der Waals surface area contributed by atoms with Crippen LogP contribution in [0.3, 0.4) is 0 Å². The fourth-order valence-corrected chi connectivity index (χ4v) is 2.98. The van der Waals surface area contributed by atoms with Gasteiger partial charge in [-0.25, -0.2) is 0 Å². The third-order valence-corrected chi connectivity index (χ3v) is 4.76. The Morgan fingerprint density at radius 3 is 2.57 bits per heavy atom. The molecule has 1 heterocycles. The van der Waals surface area contributed by atoms with Crippen LogP contribution in [0.4, 0.5) is 0 Å². The van der Waals surface area contributed by atoms with Crippen LogP contribution in [0.1, 0.15) is 70.1 Å². The summed E-state index contributed by atoms with van der Waals surface area (Å²) >= 11 is 0. The highest BCUT2D eigenvalue weighted by Gasteiger charge is 2.21. The third-order valence-electron chi connectivity index (χ3n) is 4.76. The molecule has 0 radical (unpaired) electrons. The van der Waals surface area contributed by atoms with Gasteiger partial charge in [0.1, 0.15) is 0 Å². The van der Waals surface area contributed by atoms with Gasteiger partial charge < -0.3 is 5.32 Å². The van der Waals surface area contributed by atoms with Gasteiger partial charge in [0.05, 0.1) is 0 Å². The molecule has 0 spiro atoms. The Balaban J connectivity index is 0.000000362. The van der Waals surface area contributed by atoms with Crippen LogP contribution in [0, 0.1) is 5.92 Å². The Kier molecular flexibility index (Phi) is 9.97. The highest BCUT2D eigenvalue weighted by molar-refractivity contribution is 5.98. The molecule has 3 amide bonds. The summed E-state index contributed by atoms with van der Waals surface area (Å²) in [4.78, 5) is 32.7. The quantitative estimate of drug-likeness (QED) is 0.577. The van der Waals surface area contributed by atoms with Crippen LogP contribution >= 0.6 is 0 Å². The van der Waals surface area contributed by atoms with Gasteiger partial charge in [-0.3, -0.25) is 19.7 Å². The predicted molar refractivity (Wildman–Crippen MR) is 112 cm³/mol. The zero-order valence-electron chi connectivity index (χ0n) is 17.5. The number of amides is 3. The smallest absolute Gasteiger partial charge is 0.229 e. The molecule has 0 aromatic heterocycles. The third kappa shape index (κ3) is 7.16. The van der Waals surface area contributed by atoms with E-state index in [0.717, 1.165) is 18.4 Å². The van der Waals surface area contributed by atoms with Crippen molar-refractivity contribution >= 4 is 23.3 Å². The average Bonchev–Trinajstić information content (AvgIpc) is 2.69. The largest absolute Gasteiger partial charge is 0.352 e. The van der Waals surface area contributed by atoms with Gasteiger partial charge in [0.2, 0.25) is 17.7 Å². The number of rotatable bonds is 6. The minimum atomic E-state index is -0.141. The molecule has 1 atom stereocenters. The molecule has 1 aliphatic heterocycles. The van der Waals surface area contributed by atoms with Crippen LogP contribution in [-0.4, -0.2) is 17.7 Å². The van der Waals surface area contributed by atoms with Gasteiger partial charge in [-0.15, -0.1) is 5.73 Å². The van der Waals surface area contributed by atoms with Crippen LogP contribution in [0.15, 0.2) is 30.5 Å². The summed E-state index contributed by atoms with van der Waals surface area (Å²) in [6.07, 6.45) is 3.60. The molecular weight excluding hydrogens is 352 g/mol. The first-order chi connectivity index (χ1) is 13.3. The maximum atomic E-state index is 11.6. The van der Waals surface area contributed by atoms with Crippen molar-refractivity contribution in [3.05, 3.63) is 47.2 Å². The molecule has 0 bridgehead atoms. The van der Waals surface area contributed by atoms with Gasteiger partial charge >= 0.3 is 0 Å². The summed E-state index contributed by atoms with van der Waals surface area (Å²) in [5, 5.41) is 5.23. The van der Waals surface area contributed by atoms with Gasteiger partial charge in [-0.05, 0) is 48.4 Å². The zero-order chi connectivity index (χ0) is 21.1. The molecule has 0 aliphatic carbocycles. The van der Waals surface area contributed by atoms with E-state index in [4.69, 9.17) is 0 Å². The highest BCUT2D eigenvalue weighted by Crippen LogP contribution is 2.22. The topological polar surface area (TPSA) is 75.3 Å². The fourth-order valence-electron chi connectivity index (χ4n) is 2.98. The van der Waals surface area contributed by atoms with Crippen LogP contribution in [0.5, 0.6) is 0 Å². The van der Waals surface area contributed by atoms with Crippen LogP contribution in [0.25, 0.3) is 5.57 Å². The van der Waals surface area contributed by atoms with Crippen molar-refractivity contribution in [2.24, 2.45) is 5.92 Å². The lowest BCUT2D eigenvalue weighted by molar-refractivity contribution is -0.135. The second-order valence-corrected chi connectivity index (χ2v) is 6.98. The molecule has 1 unspecified atom stereocenters. The molecule has 1 aromatic rings. The van der Waals surface area contributed by atoms with Crippen molar-refractivity contribution in [1.29, 1.82) is 0 Å². The number of carbonyl (C=O) groups is 3. The van der Waals surface area contributed by atoms with Crippen molar-refractivity contribution in [2.45, 2.75) is 66.3 Å². The molecular formula is C23H32N2O3. The number of piperidine rings is 1. The lowest BCUT2D eigenvalue weighted by Gasteiger charge is -2.15. The van der Waals surface area contributed by atoms with E-state index in [1.54, 1.807) is 0 Å².